The molecule has 4 aromatic rings. The second-order valence-electron chi connectivity index (χ2n) is 9.10. The third-order valence-electron chi connectivity index (χ3n) is 6.72. The number of aryl methyl sites for hydroxylation is 1. The smallest absolute Gasteiger partial charge is 0.254 e. The van der Waals surface area contributed by atoms with Crippen molar-refractivity contribution in [2.75, 3.05) is 62.8 Å². The summed E-state index contributed by atoms with van der Waals surface area (Å²) in [5.41, 5.74) is 3.45. The molecule has 2 aliphatic heterocycles. The zero-order valence-corrected chi connectivity index (χ0v) is 20.5. The van der Waals surface area contributed by atoms with Crippen molar-refractivity contribution in [1.82, 2.24) is 34.2 Å². The van der Waals surface area contributed by atoms with Crippen LogP contribution in [0.4, 0.5) is 11.8 Å². The number of ether oxygens (including phenoxy) is 1. The van der Waals surface area contributed by atoms with Crippen LogP contribution in [0.3, 0.4) is 0 Å². The van der Waals surface area contributed by atoms with Crippen LogP contribution in [0.2, 0.25) is 0 Å². The summed E-state index contributed by atoms with van der Waals surface area (Å²) in [7, 11) is 1.96. The van der Waals surface area contributed by atoms with Gasteiger partial charge in [0.1, 0.15) is 0 Å². The first-order valence-corrected chi connectivity index (χ1v) is 12.3. The number of morpholine rings is 1. The van der Waals surface area contributed by atoms with Crippen molar-refractivity contribution in [3.8, 4) is 17.1 Å². The Hall–Kier alpha value is -3.83. The van der Waals surface area contributed by atoms with Crippen molar-refractivity contribution in [2.24, 2.45) is 0 Å². The van der Waals surface area contributed by atoms with Gasteiger partial charge in [0.25, 0.3) is 5.95 Å². The zero-order chi connectivity index (χ0) is 24.6. The first-order valence-electron chi connectivity index (χ1n) is 12.3. The highest BCUT2D eigenvalue weighted by Gasteiger charge is 2.30. The molecule has 0 unspecified atom stereocenters. The number of benzene rings is 1. The molecule has 1 amide bonds. The van der Waals surface area contributed by atoms with E-state index in [9.17, 15) is 4.79 Å². The molecule has 3 aromatic heterocycles. The fourth-order valence-electron chi connectivity index (χ4n) is 4.77. The Kier molecular flexibility index (Phi) is 5.86. The summed E-state index contributed by atoms with van der Waals surface area (Å²) in [5, 5.41) is 4.58. The van der Waals surface area contributed by atoms with Crippen LogP contribution in [0.15, 0.2) is 42.7 Å². The van der Waals surface area contributed by atoms with E-state index in [0.29, 0.717) is 69.0 Å². The average molecular weight is 488 g/mol. The van der Waals surface area contributed by atoms with Gasteiger partial charge in [-0.2, -0.15) is 15.1 Å². The molecule has 0 bridgehead atoms. The van der Waals surface area contributed by atoms with Crippen molar-refractivity contribution < 1.29 is 9.53 Å². The number of amides is 1. The number of imidazole rings is 1. The van der Waals surface area contributed by atoms with Gasteiger partial charge in [0.15, 0.2) is 17.0 Å². The van der Waals surface area contributed by atoms with Crippen LogP contribution in [0, 0.1) is 0 Å². The molecular formula is C25H29N9O2. The lowest BCUT2D eigenvalue weighted by molar-refractivity contribution is -0.120. The second kappa shape index (κ2) is 9.32. The molecule has 2 fully saturated rings. The summed E-state index contributed by atoms with van der Waals surface area (Å²) in [6, 6.07) is 10.1. The number of aromatic nitrogens is 6. The monoisotopic (exact) mass is 487 g/mol. The van der Waals surface area contributed by atoms with Crippen LogP contribution in [-0.4, -0.2) is 93.1 Å². The van der Waals surface area contributed by atoms with Crippen LogP contribution in [0.1, 0.15) is 6.92 Å². The second-order valence-corrected chi connectivity index (χ2v) is 9.10. The largest absolute Gasteiger partial charge is 0.378 e. The molecule has 0 aliphatic carbocycles. The summed E-state index contributed by atoms with van der Waals surface area (Å²) < 4.78 is 9.30. The highest BCUT2D eigenvalue weighted by molar-refractivity contribution is 5.96. The third-order valence-corrected chi connectivity index (χ3v) is 6.72. The number of nitrogens with zero attached hydrogens (tertiary/aromatic N) is 9. The first-order chi connectivity index (χ1) is 17.6. The Morgan fingerprint density at radius 1 is 0.972 bits per heavy atom. The van der Waals surface area contributed by atoms with E-state index in [1.165, 1.54) is 0 Å². The van der Waals surface area contributed by atoms with E-state index in [0.717, 1.165) is 23.5 Å². The zero-order valence-electron chi connectivity index (χ0n) is 20.5. The molecule has 0 atom stereocenters. The predicted molar refractivity (Wildman–Crippen MR) is 136 cm³/mol. The number of rotatable bonds is 5. The predicted octanol–water partition coefficient (Wildman–Crippen LogP) is 1.81. The molecule has 36 heavy (non-hydrogen) atoms. The van der Waals surface area contributed by atoms with E-state index < -0.39 is 0 Å². The summed E-state index contributed by atoms with van der Waals surface area (Å²) in [5.74, 6) is 1.87. The number of fused-ring (bicyclic) bond motifs is 1. The Morgan fingerprint density at radius 2 is 1.78 bits per heavy atom. The Labute approximate surface area is 208 Å². The van der Waals surface area contributed by atoms with Gasteiger partial charge in [-0.15, -0.1) is 0 Å². The van der Waals surface area contributed by atoms with Gasteiger partial charge < -0.3 is 9.64 Å². The highest BCUT2D eigenvalue weighted by atomic mass is 16.5. The summed E-state index contributed by atoms with van der Waals surface area (Å²) in [6.45, 7) is 7.09. The topological polar surface area (TPSA) is 97.4 Å². The standard InChI is InChI=1S/C25H29N9O2/c1-3-32-23-21(27-25(32)33-10-9-30(2)17-20(33)35)22(31-11-13-36-14-12-31)28-24(29-23)34-16-19(15-26-34)18-7-5-4-6-8-18/h4-8,15-16H,3,9-14,17H2,1-2H3. The van der Waals surface area contributed by atoms with Crippen molar-refractivity contribution in [3.63, 3.8) is 0 Å². The third kappa shape index (κ3) is 3.99. The number of carbonyl (C=O) groups excluding carboxylic acids is 1. The van der Waals surface area contributed by atoms with E-state index >= 15 is 0 Å². The van der Waals surface area contributed by atoms with Gasteiger partial charge in [0, 0.05) is 44.5 Å². The summed E-state index contributed by atoms with van der Waals surface area (Å²) >= 11 is 0. The quantitative estimate of drug-likeness (QED) is 0.421. The van der Waals surface area contributed by atoms with E-state index in [4.69, 9.17) is 19.7 Å². The maximum absolute atomic E-state index is 12.9. The lowest BCUT2D eigenvalue weighted by Gasteiger charge is -2.31. The van der Waals surface area contributed by atoms with Gasteiger partial charge in [-0.25, -0.2) is 9.67 Å². The Bertz CT molecular complexity index is 1390. The van der Waals surface area contributed by atoms with Crippen LogP contribution in [0.5, 0.6) is 0 Å². The fourth-order valence-corrected chi connectivity index (χ4v) is 4.77. The molecule has 2 saturated heterocycles. The molecule has 5 heterocycles. The number of carbonyl (C=O) groups is 1. The van der Waals surface area contributed by atoms with Gasteiger partial charge in [0.2, 0.25) is 11.9 Å². The molecule has 11 nitrogen and oxygen atoms in total. The lowest BCUT2D eigenvalue weighted by atomic mass is 10.1. The SMILES string of the molecule is CCn1c(N2CCN(C)CC2=O)nc2c(N3CCOCC3)nc(-n3cc(-c4ccccc4)cn3)nc21. The number of likely N-dealkylation sites (N-methyl/N-ethyl adjacent to an activating group) is 1. The van der Waals surface area contributed by atoms with Crippen molar-refractivity contribution in [1.29, 1.82) is 0 Å². The van der Waals surface area contributed by atoms with Crippen molar-refractivity contribution in [2.45, 2.75) is 13.5 Å². The molecule has 2 aliphatic rings. The minimum atomic E-state index is 0.0365. The van der Waals surface area contributed by atoms with Gasteiger partial charge in [-0.1, -0.05) is 30.3 Å². The maximum Gasteiger partial charge on any atom is 0.254 e. The number of anilines is 2. The molecule has 0 radical (unpaired) electrons. The molecule has 0 saturated carbocycles. The highest BCUT2D eigenvalue weighted by Crippen LogP contribution is 2.30. The van der Waals surface area contributed by atoms with Gasteiger partial charge >= 0.3 is 0 Å². The van der Waals surface area contributed by atoms with Crippen LogP contribution < -0.4 is 9.80 Å². The minimum absolute atomic E-state index is 0.0365. The normalized spacial score (nSPS) is 17.3. The van der Waals surface area contributed by atoms with Gasteiger partial charge in [0.05, 0.1) is 26.0 Å². The van der Waals surface area contributed by atoms with Crippen LogP contribution >= 0.6 is 0 Å². The first kappa shape index (κ1) is 22.6. The summed E-state index contributed by atoms with van der Waals surface area (Å²) in [4.78, 5) is 33.7. The Morgan fingerprint density at radius 3 is 2.53 bits per heavy atom. The molecule has 1 aromatic carbocycles. The molecule has 11 heteroatoms. The fraction of sp³-hybridized carbons (Fsp3) is 0.400. The van der Waals surface area contributed by atoms with Crippen molar-refractivity contribution in [3.05, 3.63) is 42.7 Å². The Balaban J connectivity index is 1.49. The van der Waals surface area contributed by atoms with Gasteiger partial charge in [-0.3, -0.25) is 19.2 Å². The van der Waals surface area contributed by atoms with Crippen molar-refractivity contribution >= 4 is 28.8 Å². The average Bonchev–Trinajstić information content (AvgIpc) is 3.54. The molecule has 0 spiro atoms. The molecule has 6 rings (SSSR count). The molecular weight excluding hydrogens is 458 g/mol. The minimum Gasteiger partial charge on any atom is -0.378 e. The van der Waals surface area contributed by atoms with Crippen LogP contribution in [0.25, 0.3) is 28.2 Å². The van der Waals surface area contributed by atoms with E-state index in [1.807, 2.05) is 54.0 Å². The van der Waals surface area contributed by atoms with E-state index in [-0.39, 0.29) is 5.91 Å². The number of hydrogen-bond donors (Lipinski definition) is 0. The van der Waals surface area contributed by atoms with E-state index in [2.05, 4.69) is 22.1 Å². The van der Waals surface area contributed by atoms with Gasteiger partial charge in [-0.05, 0) is 19.5 Å². The maximum atomic E-state index is 12.9. The van der Waals surface area contributed by atoms with Crippen LogP contribution in [-0.2, 0) is 16.1 Å². The number of hydrogen-bond acceptors (Lipinski definition) is 8. The molecule has 186 valence electrons. The van der Waals surface area contributed by atoms with E-state index in [1.54, 1.807) is 9.58 Å². The lowest BCUT2D eigenvalue weighted by Crippen LogP contribution is -2.49. The molecule has 0 N–H and O–H groups in total. The summed E-state index contributed by atoms with van der Waals surface area (Å²) in [6.07, 6.45) is 3.76. The number of piperazine rings is 1.